The van der Waals surface area contributed by atoms with Gasteiger partial charge in [-0.1, -0.05) is 24.4 Å². The molecule has 1 aliphatic carbocycles. The second kappa shape index (κ2) is 4.20. The van der Waals surface area contributed by atoms with Crippen LogP contribution in [0.15, 0.2) is 18.2 Å². The molecule has 0 atom stereocenters. The second-order valence-corrected chi connectivity index (χ2v) is 4.96. The zero-order chi connectivity index (χ0) is 11.8. The number of anilines is 1. The highest BCUT2D eigenvalue weighted by Crippen LogP contribution is 2.35. The van der Waals surface area contributed by atoms with Crippen LogP contribution in [-0.2, 0) is 0 Å². The van der Waals surface area contributed by atoms with Gasteiger partial charge in [-0.3, -0.25) is 5.43 Å². The summed E-state index contributed by atoms with van der Waals surface area (Å²) in [5.74, 6) is 6.28. The summed E-state index contributed by atoms with van der Waals surface area (Å²) >= 11 is 5.98. The number of hydrogen-bond donors (Lipinski definition) is 2. The zero-order valence-electron chi connectivity index (χ0n) is 9.49. The molecule has 1 saturated carbocycles. The number of aromatic nitrogens is 2. The minimum atomic E-state index is 0.507. The van der Waals surface area contributed by atoms with E-state index in [0.29, 0.717) is 11.1 Å². The van der Waals surface area contributed by atoms with Crippen molar-refractivity contribution in [1.82, 2.24) is 9.55 Å². The Labute approximate surface area is 105 Å². The van der Waals surface area contributed by atoms with Crippen molar-refractivity contribution in [2.75, 3.05) is 5.43 Å². The molecule has 0 radical (unpaired) electrons. The van der Waals surface area contributed by atoms with E-state index in [4.69, 9.17) is 17.4 Å². The summed E-state index contributed by atoms with van der Waals surface area (Å²) in [4.78, 5) is 4.48. The normalized spacial score (nSPS) is 16.8. The lowest BCUT2D eigenvalue weighted by atomic mass is 10.2. The van der Waals surface area contributed by atoms with Crippen LogP contribution < -0.4 is 11.3 Å². The molecule has 1 fully saturated rings. The standard InChI is InChI=1S/C12H15ClN4/c13-8-5-6-11-10(7-8)15-12(16-14)17(11)9-3-1-2-4-9/h5-7,9H,1-4,14H2,(H,15,16). The van der Waals surface area contributed by atoms with Crippen LogP contribution in [0.1, 0.15) is 31.7 Å². The van der Waals surface area contributed by atoms with E-state index in [-0.39, 0.29) is 0 Å². The van der Waals surface area contributed by atoms with Gasteiger partial charge in [-0.2, -0.15) is 0 Å². The van der Waals surface area contributed by atoms with Crippen molar-refractivity contribution in [3.05, 3.63) is 23.2 Å². The summed E-state index contributed by atoms with van der Waals surface area (Å²) < 4.78 is 2.21. The molecule has 0 unspecified atom stereocenters. The van der Waals surface area contributed by atoms with E-state index in [9.17, 15) is 0 Å². The summed E-state index contributed by atoms with van der Waals surface area (Å²) in [6.07, 6.45) is 4.95. The van der Waals surface area contributed by atoms with Gasteiger partial charge in [0.25, 0.3) is 0 Å². The Kier molecular flexibility index (Phi) is 2.68. The van der Waals surface area contributed by atoms with E-state index in [1.165, 1.54) is 25.7 Å². The molecule has 90 valence electrons. The van der Waals surface area contributed by atoms with Gasteiger partial charge in [-0.25, -0.2) is 10.8 Å². The van der Waals surface area contributed by atoms with Crippen LogP contribution in [0.2, 0.25) is 5.02 Å². The molecule has 17 heavy (non-hydrogen) atoms. The highest BCUT2D eigenvalue weighted by molar-refractivity contribution is 6.31. The Morgan fingerprint density at radius 1 is 1.35 bits per heavy atom. The minimum Gasteiger partial charge on any atom is -0.306 e. The average molecular weight is 251 g/mol. The summed E-state index contributed by atoms with van der Waals surface area (Å²) in [6, 6.07) is 6.30. The van der Waals surface area contributed by atoms with Crippen molar-refractivity contribution < 1.29 is 0 Å². The fourth-order valence-electron chi connectivity index (χ4n) is 2.71. The first-order valence-electron chi connectivity index (χ1n) is 5.93. The molecule has 4 nitrogen and oxygen atoms in total. The first-order chi connectivity index (χ1) is 8.29. The van der Waals surface area contributed by atoms with Crippen molar-refractivity contribution in [3.8, 4) is 0 Å². The van der Waals surface area contributed by atoms with Crippen molar-refractivity contribution >= 4 is 28.6 Å². The van der Waals surface area contributed by atoms with E-state index in [0.717, 1.165) is 17.0 Å². The highest BCUT2D eigenvalue weighted by atomic mass is 35.5. The maximum absolute atomic E-state index is 5.98. The number of imidazole rings is 1. The predicted molar refractivity (Wildman–Crippen MR) is 70.1 cm³/mol. The highest BCUT2D eigenvalue weighted by Gasteiger charge is 2.22. The third kappa shape index (κ3) is 1.77. The van der Waals surface area contributed by atoms with E-state index in [2.05, 4.69) is 15.0 Å². The number of rotatable bonds is 2. The molecule has 3 N–H and O–H groups in total. The maximum atomic E-state index is 5.98. The predicted octanol–water partition coefficient (Wildman–Crippen LogP) is 3.09. The first-order valence-corrected chi connectivity index (χ1v) is 6.31. The molecule has 0 aliphatic heterocycles. The zero-order valence-corrected chi connectivity index (χ0v) is 10.2. The lowest BCUT2D eigenvalue weighted by molar-refractivity contribution is 0.537. The van der Waals surface area contributed by atoms with Crippen molar-refractivity contribution in [1.29, 1.82) is 0 Å². The summed E-state index contributed by atoms with van der Waals surface area (Å²) in [6.45, 7) is 0. The van der Waals surface area contributed by atoms with Gasteiger partial charge in [0, 0.05) is 11.1 Å². The molecule has 5 heteroatoms. The second-order valence-electron chi connectivity index (χ2n) is 4.52. The molecule has 0 bridgehead atoms. The number of benzene rings is 1. The van der Waals surface area contributed by atoms with E-state index in [1.54, 1.807) is 0 Å². The molecule has 1 heterocycles. The Hall–Kier alpha value is -1.26. The molecule has 0 amide bonds. The number of hydrazine groups is 1. The fraction of sp³-hybridized carbons (Fsp3) is 0.417. The van der Waals surface area contributed by atoms with Crippen LogP contribution in [0, 0.1) is 0 Å². The number of nitrogens with one attached hydrogen (secondary N) is 1. The first kappa shape index (κ1) is 10.9. The molecule has 0 spiro atoms. The fourth-order valence-corrected chi connectivity index (χ4v) is 2.87. The minimum absolute atomic E-state index is 0.507. The van der Waals surface area contributed by atoms with Gasteiger partial charge in [0.15, 0.2) is 0 Å². The molecule has 1 aliphatic rings. The van der Waals surface area contributed by atoms with Gasteiger partial charge < -0.3 is 4.57 Å². The SMILES string of the molecule is NNc1nc2cc(Cl)ccc2n1C1CCCC1. The number of halogens is 1. The van der Waals surface area contributed by atoms with Crippen LogP contribution >= 0.6 is 11.6 Å². The number of hydrogen-bond acceptors (Lipinski definition) is 3. The lowest BCUT2D eigenvalue weighted by Crippen LogP contribution is -2.15. The third-order valence-corrected chi connectivity index (χ3v) is 3.71. The number of nitrogens with zero attached hydrogens (tertiary/aromatic N) is 2. The number of fused-ring (bicyclic) bond motifs is 1. The molecule has 3 rings (SSSR count). The smallest absolute Gasteiger partial charge is 0.218 e. The molecular formula is C12H15ClN4. The lowest BCUT2D eigenvalue weighted by Gasteiger charge is -2.15. The molecule has 1 aromatic carbocycles. The Bertz CT molecular complexity index is 543. The largest absolute Gasteiger partial charge is 0.306 e. The van der Waals surface area contributed by atoms with Gasteiger partial charge in [-0.15, -0.1) is 0 Å². The summed E-state index contributed by atoms with van der Waals surface area (Å²) in [5.41, 5.74) is 4.70. The molecular weight excluding hydrogens is 236 g/mol. The Morgan fingerprint density at radius 2 is 2.12 bits per heavy atom. The third-order valence-electron chi connectivity index (χ3n) is 3.47. The van der Waals surface area contributed by atoms with Crippen molar-refractivity contribution in [2.45, 2.75) is 31.7 Å². The monoisotopic (exact) mass is 250 g/mol. The quantitative estimate of drug-likeness (QED) is 0.636. The average Bonchev–Trinajstić information content (AvgIpc) is 2.93. The van der Waals surface area contributed by atoms with Gasteiger partial charge in [0.2, 0.25) is 5.95 Å². The van der Waals surface area contributed by atoms with Crippen molar-refractivity contribution in [3.63, 3.8) is 0 Å². The number of nitrogens with two attached hydrogens (primary N) is 1. The summed E-state index contributed by atoms with van der Waals surface area (Å²) in [5, 5.41) is 0.706. The van der Waals surface area contributed by atoms with E-state index >= 15 is 0 Å². The van der Waals surface area contributed by atoms with Crippen LogP contribution in [0.5, 0.6) is 0 Å². The van der Waals surface area contributed by atoms with Crippen LogP contribution in [0.4, 0.5) is 5.95 Å². The summed E-state index contributed by atoms with van der Waals surface area (Å²) in [7, 11) is 0. The van der Waals surface area contributed by atoms with Gasteiger partial charge >= 0.3 is 0 Å². The van der Waals surface area contributed by atoms with Crippen molar-refractivity contribution in [2.24, 2.45) is 5.84 Å². The van der Waals surface area contributed by atoms with Gasteiger partial charge in [0.05, 0.1) is 11.0 Å². The molecule has 2 aromatic rings. The van der Waals surface area contributed by atoms with Crippen LogP contribution in [0.3, 0.4) is 0 Å². The molecule has 1 aromatic heterocycles. The Balaban J connectivity index is 2.19. The van der Waals surface area contributed by atoms with Crippen LogP contribution in [0.25, 0.3) is 11.0 Å². The number of nitrogen functional groups attached to an aromatic ring is 1. The topological polar surface area (TPSA) is 55.9 Å². The van der Waals surface area contributed by atoms with E-state index < -0.39 is 0 Å². The van der Waals surface area contributed by atoms with E-state index in [1.807, 2.05) is 18.2 Å². The Morgan fingerprint density at radius 3 is 2.82 bits per heavy atom. The van der Waals surface area contributed by atoms with Crippen LogP contribution in [-0.4, -0.2) is 9.55 Å². The van der Waals surface area contributed by atoms with Gasteiger partial charge in [0.1, 0.15) is 0 Å². The molecule has 0 saturated heterocycles. The maximum Gasteiger partial charge on any atom is 0.218 e. The van der Waals surface area contributed by atoms with Gasteiger partial charge in [-0.05, 0) is 31.0 Å².